The SMILES string of the molecule is COc1c(C)cc(CNCC(C)(O)c2ccco2)cc1C. The van der Waals surface area contributed by atoms with Gasteiger partial charge in [0.1, 0.15) is 17.1 Å². The number of ether oxygens (including phenoxy) is 1. The normalized spacial score (nSPS) is 14.0. The van der Waals surface area contributed by atoms with Gasteiger partial charge in [0.15, 0.2) is 0 Å². The molecule has 0 saturated heterocycles. The molecule has 0 radical (unpaired) electrons. The summed E-state index contributed by atoms with van der Waals surface area (Å²) in [6, 6.07) is 7.75. The Balaban J connectivity index is 1.98. The minimum Gasteiger partial charge on any atom is -0.496 e. The van der Waals surface area contributed by atoms with E-state index in [4.69, 9.17) is 9.15 Å². The van der Waals surface area contributed by atoms with E-state index >= 15 is 0 Å². The lowest BCUT2D eigenvalue weighted by Gasteiger charge is -2.21. The van der Waals surface area contributed by atoms with E-state index in [1.54, 1.807) is 32.4 Å². The Hall–Kier alpha value is -1.78. The van der Waals surface area contributed by atoms with Gasteiger partial charge in [-0.25, -0.2) is 0 Å². The van der Waals surface area contributed by atoms with Crippen molar-refractivity contribution in [3.8, 4) is 5.75 Å². The summed E-state index contributed by atoms with van der Waals surface area (Å²) in [5.41, 5.74) is 2.39. The first kappa shape index (κ1) is 15.6. The lowest BCUT2D eigenvalue weighted by molar-refractivity contribution is 0.0340. The van der Waals surface area contributed by atoms with Crippen LogP contribution in [-0.4, -0.2) is 18.8 Å². The number of hydrogen-bond donors (Lipinski definition) is 2. The average molecular weight is 289 g/mol. The predicted molar refractivity (Wildman–Crippen MR) is 82.5 cm³/mol. The van der Waals surface area contributed by atoms with Gasteiger partial charge >= 0.3 is 0 Å². The molecule has 0 saturated carbocycles. The number of benzene rings is 1. The monoisotopic (exact) mass is 289 g/mol. The second-order valence-electron chi connectivity index (χ2n) is 5.62. The fourth-order valence-corrected chi connectivity index (χ4v) is 2.59. The third-order valence-corrected chi connectivity index (χ3v) is 3.57. The summed E-state index contributed by atoms with van der Waals surface area (Å²) < 4.78 is 10.6. The Morgan fingerprint density at radius 3 is 2.48 bits per heavy atom. The van der Waals surface area contributed by atoms with Crippen LogP contribution in [0.2, 0.25) is 0 Å². The van der Waals surface area contributed by atoms with Crippen LogP contribution in [0.15, 0.2) is 34.9 Å². The highest BCUT2D eigenvalue weighted by atomic mass is 16.5. The van der Waals surface area contributed by atoms with Crippen molar-refractivity contribution in [2.24, 2.45) is 0 Å². The lowest BCUT2D eigenvalue weighted by Crippen LogP contribution is -2.34. The zero-order chi connectivity index (χ0) is 15.5. The van der Waals surface area contributed by atoms with Gasteiger partial charge in [-0.15, -0.1) is 0 Å². The summed E-state index contributed by atoms with van der Waals surface area (Å²) in [6.07, 6.45) is 1.57. The maximum Gasteiger partial charge on any atom is 0.136 e. The quantitative estimate of drug-likeness (QED) is 0.858. The molecule has 1 unspecified atom stereocenters. The lowest BCUT2D eigenvalue weighted by atomic mass is 10.0. The molecule has 0 aliphatic carbocycles. The molecule has 4 heteroatoms. The molecule has 4 nitrogen and oxygen atoms in total. The van der Waals surface area contributed by atoms with E-state index in [-0.39, 0.29) is 0 Å². The molecule has 1 heterocycles. The first-order valence-electron chi connectivity index (χ1n) is 7.05. The Morgan fingerprint density at radius 2 is 1.95 bits per heavy atom. The van der Waals surface area contributed by atoms with E-state index in [1.165, 1.54) is 5.56 Å². The fraction of sp³-hybridized carbons (Fsp3) is 0.412. The van der Waals surface area contributed by atoms with Crippen LogP contribution in [0.25, 0.3) is 0 Å². The summed E-state index contributed by atoms with van der Waals surface area (Å²) >= 11 is 0. The van der Waals surface area contributed by atoms with E-state index in [9.17, 15) is 5.11 Å². The number of aliphatic hydroxyl groups is 1. The zero-order valence-corrected chi connectivity index (χ0v) is 13.1. The van der Waals surface area contributed by atoms with Gasteiger partial charge in [-0.3, -0.25) is 0 Å². The smallest absolute Gasteiger partial charge is 0.136 e. The number of nitrogens with one attached hydrogen (secondary N) is 1. The molecule has 0 amide bonds. The molecule has 1 atom stereocenters. The predicted octanol–water partition coefficient (Wildman–Crippen LogP) is 2.90. The van der Waals surface area contributed by atoms with E-state index in [1.807, 2.05) is 13.8 Å². The Bertz CT molecular complexity index is 565. The molecule has 114 valence electrons. The second kappa shape index (κ2) is 6.33. The van der Waals surface area contributed by atoms with E-state index in [2.05, 4.69) is 17.4 Å². The van der Waals surface area contributed by atoms with Crippen molar-refractivity contribution in [1.29, 1.82) is 0 Å². The maximum absolute atomic E-state index is 10.4. The van der Waals surface area contributed by atoms with Crippen LogP contribution < -0.4 is 10.1 Å². The minimum absolute atomic E-state index is 0.421. The zero-order valence-electron chi connectivity index (χ0n) is 13.1. The maximum atomic E-state index is 10.4. The molecule has 2 N–H and O–H groups in total. The Kier molecular flexibility index (Phi) is 4.70. The summed E-state index contributed by atoms with van der Waals surface area (Å²) in [5.74, 6) is 1.50. The topological polar surface area (TPSA) is 54.6 Å². The Labute approximate surface area is 125 Å². The molecule has 0 fully saturated rings. The minimum atomic E-state index is -1.01. The third-order valence-electron chi connectivity index (χ3n) is 3.57. The largest absolute Gasteiger partial charge is 0.496 e. The van der Waals surface area contributed by atoms with Gasteiger partial charge in [-0.2, -0.15) is 0 Å². The molecular weight excluding hydrogens is 266 g/mol. The molecule has 2 aromatic rings. The molecule has 0 aliphatic rings. The summed E-state index contributed by atoms with van der Waals surface area (Å²) in [7, 11) is 1.69. The highest BCUT2D eigenvalue weighted by Crippen LogP contribution is 2.24. The van der Waals surface area contributed by atoms with Gasteiger partial charge < -0.3 is 19.6 Å². The number of furan rings is 1. The van der Waals surface area contributed by atoms with Gasteiger partial charge in [0.2, 0.25) is 0 Å². The van der Waals surface area contributed by atoms with Crippen molar-refractivity contribution < 1.29 is 14.3 Å². The van der Waals surface area contributed by atoms with Crippen molar-refractivity contribution in [3.05, 3.63) is 53.0 Å². The highest BCUT2D eigenvalue weighted by molar-refractivity contribution is 5.43. The van der Waals surface area contributed by atoms with Crippen molar-refractivity contribution in [1.82, 2.24) is 5.32 Å². The molecule has 2 rings (SSSR count). The fourth-order valence-electron chi connectivity index (χ4n) is 2.59. The van der Waals surface area contributed by atoms with Crippen molar-refractivity contribution in [3.63, 3.8) is 0 Å². The van der Waals surface area contributed by atoms with Crippen molar-refractivity contribution >= 4 is 0 Å². The molecule has 0 bridgehead atoms. The van der Waals surface area contributed by atoms with E-state index in [0.29, 0.717) is 18.8 Å². The van der Waals surface area contributed by atoms with Crippen LogP contribution in [0.5, 0.6) is 5.75 Å². The molecule has 1 aromatic carbocycles. The Morgan fingerprint density at radius 1 is 1.29 bits per heavy atom. The van der Waals surface area contributed by atoms with Crippen LogP contribution in [0.4, 0.5) is 0 Å². The number of hydrogen-bond acceptors (Lipinski definition) is 4. The third kappa shape index (κ3) is 3.65. The average Bonchev–Trinajstić information content (AvgIpc) is 2.92. The first-order chi connectivity index (χ1) is 9.94. The second-order valence-corrected chi connectivity index (χ2v) is 5.62. The number of methoxy groups -OCH3 is 1. The van der Waals surface area contributed by atoms with Crippen LogP contribution in [-0.2, 0) is 12.1 Å². The van der Waals surface area contributed by atoms with E-state index in [0.717, 1.165) is 16.9 Å². The standard InChI is InChI=1S/C17H23NO3/c1-12-8-14(9-13(2)16(12)20-4)10-18-11-17(3,19)15-6-5-7-21-15/h5-9,18-19H,10-11H2,1-4H3. The van der Waals surface area contributed by atoms with Gasteiger partial charge in [0, 0.05) is 13.1 Å². The molecule has 0 spiro atoms. The van der Waals surface area contributed by atoms with Crippen molar-refractivity contribution in [2.45, 2.75) is 32.9 Å². The summed E-state index contributed by atoms with van der Waals surface area (Å²) in [4.78, 5) is 0. The van der Waals surface area contributed by atoms with Gasteiger partial charge in [-0.1, -0.05) is 12.1 Å². The van der Waals surface area contributed by atoms with Crippen LogP contribution in [0.3, 0.4) is 0 Å². The van der Waals surface area contributed by atoms with Crippen LogP contribution >= 0.6 is 0 Å². The summed E-state index contributed by atoms with van der Waals surface area (Å²) in [5, 5.41) is 13.6. The molecular formula is C17H23NO3. The molecule has 1 aromatic heterocycles. The molecule has 21 heavy (non-hydrogen) atoms. The first-order valence-corrected chi connectivity index (χ1v) is 7.05. The van der Waals surface area contributed by atoms with Gasteiger partial charge in [0.05, 0.1) is 13.4 Å². The highest BCUT2D eigenvalue weighted by Gasteiger charge is 2.25. The van der Waals surface area contributed by atoms with Crippen molar-refractivity contribution in [2.75, 3.05) is 13.7 Å². The number of aryl methyl sites for hydroxylation is 2. The van der Waals surface area contributed by atoms with Crippen LogP contribution in [0, 0.1) is 13.8 Å². The number of rotatable bonds is 6. The van der Waals surface area contributed by atoms with Gasteiger partial charge in [-0.05, 0) is 49.6 Å². The molecule has 0 aliphatic heterocycles. The van der Waals surface area contributed by atoms with E-state index < -0.39 is 5.60 Å². The summed E-state index contributed by atoms with van der Waals surface area (Å²) in [6.45, 7) is 6.92. The van der Waals surface area contributed by atoms with Gasteiger partial charge in [0.25, 0.3) is 0 Å². The van der Waals surface area contributed by atoms with Crippen LogP contribution in [0.1, 0.15) is 29.4 Å².